The van der Waals surface area contributed by atoms with Gasteiger partial charge in [0.05, 0.1) is 31.7 Å². The van der Waals surface area contributed by atoms with E-state index in [2.05, 4.69) is 27.4 Å². The number of hydrogen-bond acceptors (Lipinski definition) is 7. The smallest absolute Gasteiger partial charge is 0.251 e. The fourth-order valence-corrected chi connectivity index (χ4v) is 4.25. The molecule has 10 heteroatoms. The summed E-state index contributed by atoms with van der Waals surface area (Å²) in [7, 11) is 3.13. The van der Waals surface area contributed by atoms with Crippen molar-refractivity contribution in [3.05, 3.63) is 72.6 Å². The number of para-hydroxylation sites is 2. The molecule has 1 aromatic heterocycles. The molecule has 0 radical (unpaired) electrons. The van der Waals surface area contributed by atoms with Gasteiger partial charge in [-0.1, -0.05) is 43.8 Å². The Balaban J connectivity index is 1.75. The highest BCUT2D eigenvalue weighted by atomic mass is 32.2. The van der Waals surface area contributed by atoms with E-state index >= 15 is 0 Å². The van der Waals surface area contributed by atoms with E-state index in [4.69, 9.17) is 9.47 Å². The Morgan fingerprint density at radius 1 is 1.08 bits per heavy atom. The molecule has 0 spiro atoms. The molecule has 3 aromatic rings. The average Bonchev–Trinajstić information content (AvgIpc) is 3.28. The van der Waals surface area contributed by atoms with Crippen LogP contribution in [-0.2, 0) is 11.3 Å². The van der Waals surface area contributed by atoms with Crippen LogP contribution in [0.25, 0.3) is 0 Å². The molecule has 0 fully saturated rings. The third-order valence-electron chi connectivity index (χ3n) is 5.35. The Morgan fingerprint density at radius 2 is 1.81 bits per heavy atom. The number of benzene rings is 2. The van der Waals surface area contributed by atoms with E-state index in [1.54, 1.807) is 56.7 Å². The first kappa shape index (κ1) is 26.8. The van der Waals surface area contributed by atoms with Crippen LogP contribution in [0.3, 0.4) is 0 Å². The van der Waals surface area contributed by atoms with Crippen LogP contribution in [0, 0.1) is 5.92 Å². The second-order valence-corrected chi connectivity index (χ2v) is 9.14. The Bertz CT molecular complexity index is 1190. The highest BCUT2D eigenvalue weighted by Gasteiger charge is 2.26. The van der Waals surface area contributed by atoms with Gasteiger partial charge in [-0.3, -0.25) is 9.59 Å². The molecule has 36 heavy (non-hydrogen) atoms. The minimum Gasteiger partial charge on any atom is -0.497 e. The van der Waals surface area contributed by atoms with Crippen LogP contribution < -0.4 is 20.1 Å². The number of anilines is 1. The zero-order valence-electron chi connectivity index (χ0n) is 20.9. The third-order valence-corrected chi connectivity index (χ3v) is 6.32. The summed E-state index contributed by atoms with van der Waals surface area (Å²) in [5.41, 5.74) is 1.11. The Kier molecular flexibility index (Phi) is 9.52. The number of rotatable bonds is 12. The summed E-state index contributed by atoms with van der Waals surface area (Å²) in [6.45, 7) is 8.27. The van der Waals surface area contributed by atoms with Gasteiger partial charge in [-0.05, 0) is 42.3 Å². The SMILES string of the molecule is C=CCn1c(SCC(=O)Nc2ccccc2OC)nnc1[C@@H](NC(=O)c1ccc(OC)cc1)C(C)C. The lowest BCUT2D eigenvalue weighted by Gasteiger charge is -2.22. The van der Waals surface area contributed by atoms with Gasteiger partial charge < -0.3 is 24.7 Å². The highest BCUT2D eigenvalue weighted by Crippen LogP contribution is 2.27. The fourth-order valence-electron chi connectivity index (χ4n) is 3.50. The average molecular weight is 510 g/mol. The molecule has 190 valence electrons. The number of nitrogens with zero attached hydrogens (tertiary/aromatic N) is 3. The van der Waals surface area contributed by atoms with Crippen LogP contribution in [-0.4, -0.2) is 46.6 Å². The summed E-state index contributed by atoms with van der Waals surface area (Å²) < 4.78 is 12.3. The predicted octanol–water partition coefficient (Wildman–Crippen LogP) is 4.34. The minimum absolute atomic E-state index is 0.0339. The summed E-state index contributed by atoms with van der Waals surface area (Å²) >= 11 is 1.26. The number of hydrogen-bond donors (Lipinski definition) is 2. The first-order chi connectivity index (χ1) is 17.4. The number of thioether (sulfide) groups is 1. The van der Waals surface area contributed by atoms with Crippen molar-refractivity contribution in [1.29, 1.82) is 0 Å². The van der Waals surface area contributed by atoms with E-state index < -0.39 is 6.04 Å². The first-order valence-electron chi connectivity index (χ1n) is 11.4. The molecule has 0 bridgehead atoms. The molecular formula is C26H31N5O4S. The number of carbonyl (C=O) groups excluding carboxylic acids is 2. The quantitative estimate of drug-likeness (QED) is 0.276. The van der Waals surface area contributed by atoms with Gasteiger partial charge in [0.15, 0.2) is 11.0 Å². The van der Waals surface area contributed by atoms with Crippen LogP contribution in [0.2, 0.25) is 0 Å². The molecule has 0 aliphatic carbocycles. The Morgan fingerprint density at radius 3 is 2.44 bits per heavy atom. The molecule has 0 saturated heterocycles. The Hall–Kier alpha value is -3.79. The van der Waals surface area contributed by atoms with Gasteiger partial charge in [-0.2, -0.15) is 0 Å². The standard InChI is InChI=1S/C26H31N5O4S/c1-6-15-31-24(23(17(2)3)28-25(33)18-11-13-19(34-4)14-12-18)29-30-26(31)36-16-22(32)27-20-9-7-8-10-21(20)35-5/h6-14,17,23H,1,15-16H2,2-5H3,(H,27,32)(H,28,33)/t23-/m0/s1. The molecule has 1 atom stereocenters. The van der Waals surface area contributed by atoms with Crippen LogP contribution >= 0.6 is 11.8 Å². The summed E-state index contributed by atoms with van der Waals surface area (Å²) in [6.07, 6.45) is 1.73. The Labute approximate surface area is 215 Å². The monoisotopic (exact) mass is 509 g/mol. The van der Waals surface area contributed by atoms with E-state index in [9.17, 15) is 9.59 Å². The van der Waals surface area contributed by atoms with E-state index in [1.165, 1.54) is 11.8 Å². The summed E-state index contributed by atoms with van der Waals surface area (Å²) in [5, 5.41) is 15.2. The van der Waals surface area contributed by atoms with Crippen molar-refractivity contribution in [2.75, 3.05) is 25.3 Å². The number of ether oxygens (including phenoxy) is 2. The normalized spacial score (nSPS) is 11.6. The maximum absolute atomic E-state index is 13.0. The van der Waals surface area contributed by atoms with Crippen molar-refractivity contribution in [3.63, 3.8) is 0 Å². The second-order valence-electron chi connectivity index (χ2n) is 8.20. The lowest BCUT2D eigenvalue weighted by molar-refractivity contribution is -0.113. The zero-order chi connectivity index (χ0) is 26.1. The second kappa shape index (κ2) is 12.8. The largest absolute Gasteiger partial charge is 0.497 e. The van der Waals surface area contributed by atoms with Gasteiger partial charge >= 0.3 is 0 Å². The van der Waals surface area contributed by atoms with Crippen LogP contribution in [0.1, 0.15) is 36.1 Å². The number of allylic oxidation sites excluding steroid dienone is 1. The van der Waals surface area contributed by atoms with E-state index in [-0.39, 0.29) is 23.5 Å². The van der Waals surface area contributed by atoms with Gasteiger partial charge in [0.25, 0.3) is 5.91 Å². The highest BCUT2D eigenvalue weighted by molar-refractivity contribution is 7.99. The fraction of sp³-hybridized carbons (Fsp3) is 0.308. The molecule has 0 aliphatic rings. The number of nitrogens with one attached hydrogen (secondary N) is 2. The minimum atomic E-state index is -0.399. The molecule has 2 aromatic carbocycles. The van der Waals surface area contributed by atoms with E-state index in [0.717, 1.165) is 0 Å². The number of aromatic nitrogens is 3. The lowest BCUT2D eigenvalue weighted by atomic mass is 10.0. The van der Waals surface area contributed by atoms with Gasteiger partial charge in [0, 0.05) is 12.1 Å². The molecule has 0 aliphatic heterocycles. The number of amides is 2. The van der Waals surface area contributed by atoms with Crippen molar-refractivity contribution >= 4 is 29.3 Å². The van der Waals surface area contributed by atoms with Crippen molar-refractivity contribution < 1.29 is 19.1 Å². The molecule has 2 amide bonds. The number of carbonyl (C=O) groups is 2. The summed E-state index contributed by atoms with van der Waals surface area (Å²) in [5.74, 6) is 1.58. The molecule has 2 N–H and O–H groups in total. The van der Waals surface area contributed by atoms with Crippen molar-refractivity contribution in [1.82, 2.24) is 20.1 Å². The topological polar surface area (TPSA) is 107 Å². The molecule has 3 rings (SSSR count). The molecule has 0 unspecified atom stereocenters. The summed E-state index contributed by atoms with van der Waals surface area (Å²) in [4.78, 5) is 25.5. The van der Waals surface area contributed by atoms with E-state index in [1.807, 2.05) is 30.5 Å². The van der Waals surface area contributed by atoms with Gasteiger partial charge in [0.2, 0.25) is 5.91 Å². The van der Waals surface area contributed by atoms with Crippen molar-refractivity contribution in [2.24, 2.45) is 5.92 Å². The van der Waals surface area contributed by atoms with E-state index in [0.29, 0.717) is 40.3 Å². The van der Waals surface area contributed by atoms with Crippen LogP contribution in [0.15, 0.2) is 66.3 Å². The van der Waals surface area contributed by atoms with Crippen LogP contribution in [0.5, 0.6) is 11.5 Å². The lowest BCUT2D eigenvalue weighted by Crippen LogP contribution is -2.33. The molecule has 0 saturated carbocycles. The maximum Gasteiger partial charge on any atom is 0.251 e. The summed E-state index contributed by atoms with van der Waals surface area (Å²) in [6, 6.07) is 13.7. The van der Waals surface area contributed by atoms with Gasteiger partial charge in [-0.15, -0.1) is 16.8 Å². The first-order valence-corrected chi connectivity index (χ1v) is 12.4. The maximum atomic E-state index is 13.0. The molecule has 1 heterocycles. The molecular weight excluding hydrogens is 478 g/mol. The zero-order valence-corrected chi connectivity index (χ0v) is 21.7. The predicted molar refractivity (Wildman–Crippen MR) is 141 cm³/mol. The number of methoxy groups -OCH3 is 2. The van der Waals surface area contributed by atoms with Crippen molar-refractivity contribution in [3.8, 4) is 11.5 Å². The van der Waals surface area contributed by atoms with Crippen LogP contribution in [0.4, 0.5) is 5.69 Å². The van der Waals surface area contributed by atoms with Gasteiger partial charge in [-0.25, -0.2) is 0 Å². The third kappa shape index (κ3) is 6.66. The molecule has 9 nitrogen and oxygen atoms in total. The van der Waals surface area contributed by atoms with Gasteiger partial charge in [0.1, 0.15) is 11.5 Å². The van der Waals surface area contributed by atoms with Crippen molar-refractivity contribution in [2.45, 2.75) is 31.6 Å².